The Balaban J connectivity index is 0.000000220. The number of carboxylic acids is 1. The van der Waals surface area contributed by atoms with E-state index in [1.54, 1.807) is 0 Å². The molecule has 1 aromatic carbocycles. The van der Waals surface area contributed by atoms with Crippen molar-refractivity contribution in [1.29, 1.82) is 0 Å². The molecule has 122 valence electrons. The predicted octanol–water partition coefficient (Wildman–Crippen LogP) is 1.06. The second kappa shape index (κ2) is 8.38. The van der Waals surface area contributed by atoms with Gasteiger partial charge in [0.15, 0.2) is 0 Å². The molecule has 1 aromatic rings. The fourth-order valence-corrected chi connectivity index (χ4v) is 2.35. The Bertz CT molecular complexity index is 509. The van der Waals surface area contributed by atoms with Gasteiger partial charge in [0.05, 0.1) is 12.5 Å². The summed E-state index contributed by atoms with van der Waals surface area (Å²) in [6.45, 7) is 4.09. The van der Waals surface area contributed by atoms with E-state index in [1.165, 1.54) is 11.1 Å². The molecule has 4 N–H and O–H groups in total. The molecule has 1 atom stereocenters. The van der Waals surface area contributed by atoms with E-state index in [0.717, 1.165) is 23.4 Å². The van der Waals surface area contributed by atoms with Gasteiger partial charge in [-0.1, -0.05) is 32.0 Å². The number of nitrogens with zero attached hydrogens (tertiary/aromatic N) is 1. The maximum absolute atomic E-state index is 10.8. The molecule has 0 bridgehead atoms. The number of aliphatic carboxylic acids is 1. The van der Waals surface area contributed by atoms with Crippen LogP contribution < -0.4 is 5.73 Å². The first-order valence-electron chi connectivity index (χ1n) is 7.42. The van der Waals surface area contributed by atoms with Crippen LogP contribution in [0.3, 0.4) is 0 Å². The Morgan fingerprint density at radius 2 is 1.86 bits per heavy atom. The highest BCUT2D eigenvalue weighted by atomic mass is 16.4. The molecule has 1 amide bonds. The summed E-state index contributed by atoms with van der Waals surface area (Å²) in [5.74, 6) is -1.34. The van der Waals surface area contributed by atoms with Gasteiger partial charge in [0.2, 0.25) is 5.91 Å². The number of aliphatic hydroxyl groups is 1. The number of carbonyl (C=O) groups excluding carboxylic acids is 1. The van der Waals surface area contributed by atoms with E-state index in [9.17, 15) is 9.59 Å². The van der Waals surface area contributed by atoms with Crippen LogP contribution in [0, 0.1) is 0 Å². The highest BCUT2D eigenvalue weighted by Crippen LogP contribution is 2.17. The summed E-state index contributed by atoms with van der Waals surface area (Å²) in [4.78, 5) is 22.1. The molecule has 1 aliphatic heterocycles. The molecule has 0 aromatic heterocycles. The Morgan fingerprint density at radius 1 is 1.32 bits per heavy atom. The Morgan fingerprint density at radius 3 is 2.23 bits per heavy atom. The van der Waals surface area contributed by atoms with Gasteiger partial charge in [0.25, 0.3) is 0 Å². The lowest BCUT2D eigenvalue weighted by molar-refractivity contribution is -0.142. The molecule has 0 spiro atoms. The molecule has 1 aliphatic rings. The number of carbonyl (C=O) groups is 2. The van der Waals surface area contributed by atoms with Gasteiger partial charge in [-0.05, 0) is 24.0 Å². The highest BCUT2D eigenvalue weighted by Gasteiger charge is 2.28. The second-order valence-corrected chi connectivity index (χ2v) is 5.22. The largest absolute Gasteiger partial charge is 0.480 e. The minimum absolute atomic E-state index is 0.0489. The van der Waals surface area contributed by atoms with Crippen molar-refractivity contribution in [2.75, 3.05) is 18.8 Å². The van der Waals surface area contributed by atoms with Gasteiger partial charge in [0, 0.05) is 12.2 Å². The number of β-amino-alcohol motifs (C(OH)–C–C–N with tert-alkyl or cyclic N) is 1. The number of aliphatic hydroxyl groups excluding tert-OH is 1. The molecule has 0 aliphatic carbocycles. The maximum atomic E-state index is 10.8. The average Bonchev–Trinajstić information content (AvgIpc) is 2.77. The average molecular weight is 308 g/mol. The molecule has 0 radical (unpaired) electrons. The molecule has 0 saturated carbocycles. The molecule has 6 heteroatoms. The predicted molar refractivity (Wildman–Crippen MR) is 84.5 cm³/mol. The van der Waals surface area contributed by atoms with Crippen LogP contribution in [-0.4, -0.2) is 46.2 Å². The van der Waals surface area contributed by atoms with Crippen molar-refractivity contribution in [1.82, 2.24) is 4.90 Å². The third-order valence-corrected chi connectivity index (χ3v) is 3.57. The second-order valence-electron chi connectivity index (χ2n) is 5.22. The third-order valence-electron chi connectivity index (χ3n) is 3.57. The summed E-state index contributed by atoms with van der Waals surface area (Å²) in [7, 11) is 0. The minimum atomic E-state index is -1.05. The molecule has 22 heavy (non-hydrogen) atoms. The van der Waals surface area contributed by atoms with Crippen molar-refractivity contribution in [2.45, 2.75) is 39.2 Å². The number of hydrogen-bond acceptors (Lipinski definition) is 4. The van der Waals surface area contributed by atoms with Crippen LogP contribution in [0.2, 0.25) is 0 Å². The quantitative estimate of drug-likeness (QED) is 0.722. The molecule has 1 fully saturated rings. The van der Waals surface area contributed by atoms with E-state index in [2.05, 4.69) is 32.0 Å². The highest BCUT2D eigenvalue weighted by molar-refractivity contribution is 5.83. The van der Waals surface area contributed by atoms with Crippen LogP contribution in [0.5, 0.6) is 0 Å². The van der Waals surface area contributed by atoms with Crippen LogP contribution >= 0.6 is 0 Å². The Labute approximate surface area is 130 Å². The van der Waals surface area contributed by atoms with Crippen LogP contribution in [0.25, 0.3) is 0 Å². The molecular weight excluding hydrogens is 284 g/mol. The number of para-hydroxylation sites is 1. The van der Waals surface area contributed by atoms with Crippen LogP contribution in [0.4, 0.5) is 5.69 Å². The lowest BCUT2D eigenvalue weighted by Gasteiger charge is -2.11. The van der Waals surface area contributed by atoms with Crippen molar-refractivity contribution >= 4 is 17.6 Å². The lowest BCUT2D eigenvalue weighted by atomic mass is 10.0. The zero-order valence-corrected chi connectivity index (χ0v) is 13.1. The van der Waals surface area contributed by atoms with Gasteiger partial charge < -0.3 is 20.8 Å². The molecule has 1 unspecified atom stereocenters. The minimum Gasteiger partial charge on any atom is -0.480 e. The summed E-state index contributed by atoms with van der Waals surface area (Å²) in [6.07, 6.45) is 1.41. The van der Waals surface area contributed by atoms with Gasteiger partial charge in [-0.3, -0.25) is 9.59 Å². The number of nitrogen functional groups attached to an aromatic ring is 1. The Hall–Kier alpha value is -2.08. The first kappa shape index (κ1) is 18.0. The number of aryl methyl sites for hydroxylation is 2. The Kier molecular flexibility index (Phi) is 6.85. The van der Waals surface area contributed by atoms with Crippen molar-refractivity contribution in [3.8, 4) is 0 Å². The van der Waals surface area contributed by atoms with E-state index < -0.39 is 12.1 Å². The topological polar surface area (TPSA) is 104 Å². The monoisotopic (exact) mass is 308 g/mol. The van der Waals surface area contributed by atoms with Gasteiger partial charge in [-0.25, -0.2) is 0 Å². The number of likely N-dealkylation sites (tertiary alicyclic amines) is 1. The van der Waals surface area contributed by atoms with Crippen molar-refractivity contribution in [2.24, 2.45) is 0 Å². The SMILES string of the molecule is CCc1cccc(CC)c1N.O=C(O)CN1CC(O)CC1=O. The number of rotatable bonds is 4. The van der Waals surface area contributed by atoms with Crippen LogP contribution in [0.15, 0.2) is 18.2 Å². The number of carboxylic acid groups (broad SMARTS) is 1. The molecule has 1 saturated heterocycles. The van der Waals surface area contributed by atoms with Crippen LogP contribution in [-0.2, 0) is 22.4 Å². The number of benzene rings is 1. The zero-order valence-electron chi connectivity index (χ0n) is 13.1. The smallest absolute Gasteiger partial charge is 0.323 e. The summed E-state index contributed by atoms with van der Waals surface area (Å²) in [5, 5.41) is 17.2. The van der Waals surface area contributed by atoms with E-state index >= 15 is 0 Å². The third kappa shape index (κ3) is 5.04. The maximum Gasteiger partial charge on any atom is 0.323 e. The van der Waals surface area contributed by atoms with Gasteiger partial charge in [-0.15, -0.1) is 0 Å². The van der Waals surface area contributed by atoms with Crippen molar-refractivity contribution in [3.63, 3.8) is 0 Å². The van der Waals surface area contributed by atoms with Gasteiger partial charge >= 0.3 is 5.97 Å². The zero-order chi connectivity index (χ0) is 16.7. The van der Waals surface area contributed by atoms with E-state index in [-0.39, 0.29) is 25.4 Å². The molecule has 2 rings (SSSR count). The number of anilines is 1. The first-order chi connectivity index (χ1) is 10.4. The fraction of sp³-hybridized carbons (Fsp3) is 0.500. The van der Waals surface area contributed by atoms with E-state index in [1.807, 2.05) is 0 Å². The normalized spacial score (nSPS) is 17.1. The van der Waals surface area contributed by atoms with Gasteiger partial charge in [0.1, 0.15) is 6.54 Å². The van der Waals surface area contributed by atoms with Crippen molar-refractivity contribution < 1.29 is 19.8 Å². The van der Waals surface area contributed by atoms with Crippen molar-refractivity contribution in [3.05, 3.63) is 29.3 Å². The van der Waals surface area contributed by atoms with E-state index in [4.69, 9.17) is 15.9 Å². The number of amides is 1. The number of nitrogens with two attached hydrogens (primary N) is 1. The van der Waals surface area contributed by atoms with E-state index in [0.29, 0.717) is 0 Å². The lowest BCUT2D eigenvalue weighted by Crippen LogP contribution is -2.31. The summed E-state index contributed by atoms with van der Waals surface area (Å²) in [5.41, 5.74) is 9.42. The summed E-state index contributed by atoms with van der Waals surface area (Å²) in [6, 6.07) is 6.26. The molecule has 6 nitrogen and oxygen atoms in total. The van der Waals surface area contributed by atoms with Crippen LogP contribution in [0.1, 0.15) is 31.4 Å². The summed E-state index contributed by atoms with van der Waals surface area (Å²) < 4.78 is 0. The summed E-state index contributed by atoms with van der Waals surface area (Å²) >= 11 is 0. The van der Waals surface area contributed by atoms with Gasteiger partial charge in [-0.2, -0.15) is 0 Å². The number of hydrogen-bond donors (Lipinski definition) is 3. The molecule has 1 heterocycles. The first-order valence-corrected chi connectivity index (χ1v) is 7.42. The standard InChI is InChI=1S/C10H15N.C6H9NO4/c1-3-8-6-5-7-9(4-2)10(8)11;8-4-1-5(9)7(2-4)3-6(10)11/h5-7H,3-4,11H2,1-2H3;4,8H,1-3H2,(H,10,11). The molecular formula is C16H24N2O4. The fourth-order valence-electron chi connectivity index (χ4n) is 2.35.